The summed E-state index contributed by atoms with van der Waals surface area (Å²) in [6.07, 6.45) is 0.745. The fourth-order valence-electron chi connectivity index (χ4n) is 2.23. The quantitative estimate of drug-likeness (QED) is 0.853. The maximum Gasteiger partial charge on any atom is 0.162 e. The van der Waals surface area contributed by atoms with E-state index in [2.05, 4.69) is 37.9 Å². The van der Waals surface area contributed by atoms with Gasteiger partial charge in [0.15, 0.2) is 5.75 Å². The van der Waals surface area contributed by atoms with Crippen molar-refractivity contribution in [3.8, 4) is 5.75 Å². The summed E-state index contributed by atoms with van der Waals surface area (Å²) in [5.74, 6) is 1.65. The van der Waals surface area contributed by atoms with E-state index < -0.39 is 0 Å². The number of methoxy groups -OCH3 is 1. The molecule has 2 rings (SSSR count). The van der Waals surface area contributed by atoms with Crippen LogP contribution in [0.4, 0.5) is 0 Å². The van der Waals surface area contributed by atoms with Gasteiger partial charge in [0.25, 0.3) is 0 Å². The van der Waals surface area contributed by atoms with Crippen molar-refractivity contribution in [3.05, 3.63) is 53.1 Å². The van der Waals surface area contributed by atoms with Crippen LogP contribution in [-0.4, -0.2) is 17.1 Å². The van der Waals surface area contributed by atoms with Crippen LogP contribution in [-0.2, 0) is 11.8 Å². The molecule has 3 heteroatoms. The number of rotatable bonds is 3. The number of nitrogens with zero attached hydrogens (tertiary/aromatic N) is 2. The molecule has 0 unspecified atom stereocenters. The Bertz CT molecular complexity index is 586. The predicted molar refractivity (Wildman–Crippen MR) is 81.3 cm³/mol. The van der Waals surface area contributed by atoms with Crippen LogP contribution >= 0.6 is 0 Å². The van der Waals surface area contributed by atoms with Gasteiger partial charge in [-0.3, -0.25) is 0 Å². The highest BCUT2D eigenvalue weighted by atomic mass is 16.5. The van der Waals surface area contributed by atoms with E-state index >= 15 is 0 Å². The van der Waals surface area contributed by atoms with Gasteiger partial charge in [-0.05, 0) is 12.5 Å². The Morgan fingerprint density at radius 3 is 2.25 bits per heavy atom. The second-order valence-electron chi connectivity index (χ2n) is 6.02. The average molecular weight is 270 g/mol. The summed E-state index contributed by atoms with van der Waals surface area (Å²) < 4.78 is 5.48. The third-order valence-corrected chi connectivity index (χ3v) is 3.20. The Hall–Kier alpha value is -1.90. The zero-order valence-electron chi connectivity index (χ0n) is 12.9. The molecule has 0 aliphatic rings. The number of ether oxygens (including phenoxy) is 1. The predicted octanol–water partition coefficient (Wildman–Crippen LogP) is 3.68. The van der Waals surface area contributed by atoms with E-state index in [-0.39, 0.29) is 5.41 Å². The third-order valence-electron chi connectivity index (χ3n) is 3.20. The zero-order valence-corrected chi connectivity index (χ0v) is 12.9. The van der Waals surface area contributed by atoms with Gasteiger partial charge in [-0.25, -0.2) is 9.97 Å². The van der Waals surface area contributed by atoms with Crippen LogP contribution in [0.1, 0.15) is 43.5 Å². The zero-order chi connectivity index (χ0) is 14.8. The summed E-state index contributed by atoms with van der Waals surface area (Å²) in [6.45, 7) is 8.40. The monoisotopic (exact) mass is 270 g/mol. The SMILES string of the molecule is COc1c(C)nc(Cc2ccccc2)nc1C(C)(C)C. The van der Waals surface area contributed by atoms with Crippen LogP contribution in [0.25, 0.3) is 0 Å². The molecule has 0 fully saturated rings. The molecule has 1 aromatic carbocycles. The van der Waals surface area contributed by atoms with Gasteiger partial charge < -0.3 is 4.74 Å². The lowest BCUT2D eigenvalue weighted by Crippen LogP contribution is -2.18. The van der Waals surface area contributed by atoms with Gasteiger partial charge in [0.2, 0.25) is 0 Å². The van der Waals surface area contributed by atoms with Crippen LogP contribution in [0.3, 0.4) is 0 Å². The summed E-state index contributed by atoms with van der Waals surface area (Å²) in [7, 11) is 1.68. The molecule has 20 heavy (non-hydrogen) atoms. The Morgan fingerprint density at radius 2 is 1.70 bits per heavy atom. The van der Waals surface area contributed by atoms with Crippen LogP contribution in [0.2, 0.25) is 0 Å². The van der Waals surface area contributed by atoms with Crippen LogP contribution in [0.5, 0.6) is 5.75 Å². The highest BCUT2D eigenvalue weighted by molar-refractivity contribution is 5.37. The molecule has 106 valence electrons. The molecule has 0 aliphatic carbocycles. The Kier molecular flexibility index (Phi) is 4.07. The second-order valence-corrected chi connectivity index (χ2v) is 6.02. The lowest BCUT2D eigenvalue weighted by atomic mass is 9.90. The molecule has 0 saturated heterocycles. The Labute approximate surface area is 121 Å². The van der Waals surface area contributed by atoms with Gasteiger partial charge in [-0.1, -0.05) is 51.1 Å². The highest BCUT2D eigenvalue weighted by Crippen LogP contribution is 2.31. The number of hydrogen-bond donors (Lipinski definition) is 0. The second kappa shape index (κ2) is 5.61. The number of hydrogen-bond acceptors (Lipinski definition) is 3. The molecule has 0 saturated carbocycles. The first-order valence-electron chi connectivity index (χ1n) is 6.87. The van der Waals surface area contributed by atoms with E-state index in [9.17, 15) is 0 Å². The van der Waals surface area contributed by atoms with Gasteiger partial charge >= 0.3 is 0 Å². The van der Waals surface area contributed by atoms with Gasteiger partial charge in [-0.2, -0.15) is 0 Å². The van der Waals surface area contributed by atoms with E-state index in [0.29, 0.717) is 0 Å². The topological polar surface area (TPSA) is 35.0 Å². The van der Waals surface area contributed by atoms with Gasteiger partial charge in [0.1, 0.15) is 5.82 Å². The van der Waals surface area contributed by atoms with E-state index in [0.717, 1.165) is 29.4 Å². The molecule has 0 N–H and O–H groups in total. The standard InChI is InChI=1S/C17H22N2O/c1-12-15(20-5)16(17(2,3)4)19-14(18-12)11-13-9-7-6-8-10-13/h6-10H,11H2,1-5H3. The summed E-state index contributed by atoms with van der Waals surface area (Å²) in [5, 5.41) is 0. The van der Waals surface area contributed by atoms with Crippen molar-refractivity contribution in [3.63, 3.8) is 0 Å². The maximum atomic E-state index is 5.48. The van der Waals surface area contributed by atoms with Crippen molar-refractivity contribution in [1.29, 1.82) is 0 Å². The molecular formula is C17H22N2O. The minimum absolute atomic E-state index is 0.0650. The summed E-state index contributed by atoms with van der Waals surface area (Å²) in [4.78, 5) is 9.31. The van der Waals surface area contributed by atoms with E-state index in [1.807, 2.05) is 25.1 Å². The molecule has 0 radical (unpaired) electrons. The molecule has 0 spiro atoms. The average Bonchev–Trinajstić information content (AvgIpc) is 2.38. The van der Waals surface area contributed by atoms with E-state index in [1.165, 1.54) is 5.56 Å². The smallest absolute Gasteiger partial charge is 0.162 e. The molecule has 0 aliphatic heterocycles. The van der Waals surface area contributed by atoms with Crippen LogP contribution in [0, 0.1) is 6.92 Å². The number of aryl methyl sites for hydroxylation is 1. The van der Waals surface area contributed by atoms with Crippen molar-refractivity contribution < 1.29 is 4.74 Å². The first-order valence-corrected chi connectivity index (χ1v) is 6.87. The molecule has 0 atom stereocenters. The highest BCUT2D eigenvalue weighted by Gasteiger charge is 2.23. The van der Waals surface area contributed by atoms with Gasteiger partial charge in [-0.15, -0.1) is 0 Å². The summed E-state index contributed by atoms with van der Waals surface area (Å²) >= 11 is 0. The van der Waals surface area contributed by atoms with Crippen molar-refractivity contribution >= 4 is 0 Å². The summed E-state index contributed by atoms with van der Waals surface area (Å²) in [6, 6.07) is 10.3. The minimum atomic E-state index is -0.0650. The summed E-state index contributed by atoms with van der Waals surface area (Å²) in [5.41, 5.74) is 3.03. The van der Waals surface area contributed by atoms with Crippen LogP contribution < -0.4 is 4.74 Å². The fourth-order valence-corrected chi connectivity index (χ4v) is 2.23. The van der Waals surface area contributed by atoms with Crippen molar-refractivity contribution in [2.45, 2.75) is 39.5 Å². The number of aromatic nitrogens is 2. The largest absolute Gasteiger partial charge is 0.493 e. The maximum absolute atomic E-state index is 5.48. The van der Waals surface area contributed by atoms with Crippen molar-refractivity contribution in [1.82, 2.24) is 9.97 Å². The van der Waals surface area contributed by atoms with Crippen molar-refractivity contribution in [2.75, 3.05) is 7.11 Å². The van der Waals surface area contributed by atoms with Crippen molar-refractivity contribution in [2.24, 2.45) is 0 Å². The van der Waals surface area contributed by atoms with E-state index in [4.69, 9.17) is 9.72 Å². The number of benzene rings is 1. The lowest BCUT2D eigenvalue weighted by Gasteiger charge is -2.22. The van der Waals surface area contributed by atoms with E-state index in [1.54, 1.807) is 7.11 Å². The Balaban J connectivity index is 2.43. The molecule has 2 aromatic rings. The molecule has 1 aromatic heterocycles. The normalized spacial score (nSPS) is 11.4. The minimum Gasteiger partial charge on any atom is -0.493 e. The third kappa shape index (κ3) is 3.16. The first kappa shape index (κ1) is 14.5. The van der Waals surface area contributed by atoms with Gasteiger partial charge in [0.05, 0.1) is 18.5 Å². The molecule has 0 bridgehead atoms. The van der Waals surface area contributed by atoms with Crippen LogP contribution in [0.15, 0.2) is 30.3 Å². The molecular weight excluding hydrogens is 248 g/mol. The lowest BCUT2D eigenvalue weighted by molar-refractivity contribution is 0.384. The molecule has 0 amide bonds. The molecule has 1 heterocycles. The first-order chi connectivity index (χ1) is 9.41. The fraction of sp³-hybridized carbons (Fsp3) is 0.412. The van der Waals surface area contributed by atoms with Gasteiger partial charge in [0, 0.05) is 11.8 Å². The molecule has 3 nitrogen and oxygen atoms in total. The Morgan fingerprint density at radius 1 is 1.05 bits per heavy atom.